The second kappa shape index (κ2) is 7.48. The van der Waals surface area contributed by atoms with Crippen LogP contribution in [0.2, 0.25) is 0 Å². The van der Waals surface area contributed by atoms with Gasteiger partial charge in [0.1, 0.15) is 18.1 Å². The van der Waals surface area contributed by atoms with E-state index >= 15 is 0 Å². The minimum atomic E-state index is -3.53. The van der Waals surface area contributed by atoms with E-state index in [1.807, 2.05) is 31.2 Å². The zero-order valence-corrected chi connectivity index (χ0v) is 14.3. The summed E-state index contributed by atoms with van der Waals surface area (Å²) in [5.74, 6) is 1.35. The molecule has 5 nitrogen and oxygen atoms in total. The lowest BCUT2D eigenvalue weighted by atomic mass is 10.2. The zero-order chi connectivity index (χ0) is 16.9. The Morgan fingerprint density at radius 1 is 0.957 bits per heavy atom. The molecule has 0 saturated carbocycles. The molecule has 0 N–H and O–H groups in total. The molecular formula is C17H21NO4S. The van der Waals surface area contributed by atoms with Gasteiger partial charge in [0.25, 0.3) is 0 Å². The Kier molecular flexibility index (Phi) is 5.63. The van der Waals surface area contributed by atoms with Crippen molar-refractivity contribution < 1.29 is 17.9 Å². The molecule has 0 fully saturated rings. The molecule has 0 atom stereocenters. The minimum Gasteiger partial charge on any atom is -0.497 e. The third-order valence-corrected chi connectivity index (χ3v) is 5.33. The average molecular weight is 335 g/mol. The summed E-state index contributed by atoms with van der Waals surface area (Å²) in [4.78, 5) is 0.233. The third kappa shape index (κ3) is 4.46. The quantitative estimate of drug-likeness (QED) is 0.781. The zero-order valence-electron chi connectivity index (χ0n) is 13.5. The highest BCUT2D eigenvalue weighted by molar-refractivity contribution is 7.89. The molecule has 0 radical (unpaired) electrons. The van der Waals surface area contributed by atoms with E-state index in [9.17, 15) is 8.42 Å². The van der Waals surface area contributed by atoms with Crippen LogP contribution >= 0.6 is 0 Å². The minimum absolute atomic E-state index is 0.233. The van der Waals surface area contributed by atoms with E-state index in [0.29, 0.717) is 5.75 Å². The highest BCUT2D eigenvalue weighted by Crippen LogP contribution is 2.18. The van der Waals surface area contributed by atoms with Crippen LogP contribution in [0.4, 0.5) is 0 Å². The lowest BCUT2D eigenvalue weighted by Crippen LogP contribution is -2.31. The first-order valence-electron chi connectivity index (χ1n) is 7.23. The van der Waals surface area contributed by atoms with Crippen molar-refractivity contribution in [2.24, 2.45) is 0 Å². The van der Waals surface area contributed by atoms with Crippen LogP contribution in [0.3, 0.4) is 0 Å². The first kappa shape index (κ1) is 17.3. The predicted octanol–water partition coefficient (Wildman–Crippen LogP) is 2.70. The number of rotatable bonds is 7. The molecule has 0 bridgehead atoms. The monoisotopic (exact) mass is 335 g/mol. The van der Waals surface area contributed by atoms with Crippen molar-refractivity contribution in [3.05, 3.63) is 54.1 Å². The van der Waals surface area contributed by atoms with Crippen LogP contribution in [-0.4, -0.2) is 40.0 Å². The molecule has 0 aromatic heterocycles. The van der Waals surface area contributed by atoms with Crippen LogP contribution in [0, 0.1) is 6.92 Å². The maximum atomic E-state index is 12.4. The van der Waals surface area contributed by atoms with Crippen LogP contribution < -0.4 is 9.47 Å². The molecule has 0 unspecified atom stereocenters. The Balaban J connectivity index is 1.95. The van der Waals surface area contributed by atoms with Gasteiger partial charge in [0, 0.05) is 13.6 Å². The highest BCUT2D eigenvalue weighted by atomic mass is 32.2. The third-order valence-electron chi connectivity index (χ3n) is 3.46. The number of aryl methyl sites for hydroxylation is 1. The molecule has 124 valence electrons. The van der Waals surface area contributed by atoms with Crippen molar-refractivity contribution in [1.82, 2.24) is 4.31 Å². The largest absolute Gasteiger partial charge is 0.497 e. The van der Waals surface area contributed by atoms with Crippen molar-refractivity contribution in [2.75, 3.05) is 27.3 Å². The number of nitrogens with zero attached hydrogens (tertiary/aromatic N) is 1. The van der Waals surface area contributed by atoms with Gasteiger partial charge in [-0.25, -0.2) is 8.42 Å². The summed E-state index contributed by atoms with van der Waals surface area (Å²) in [6.07, 6.45) is 0. The molecule has 6 heteroatoms. The van der Waals surface area contributed by atoms with Gasteiger partial charge < -0.3 is 9.47 Å². The Morgan fingerprint density at radius 2 is 1.52 bits per heavy atom. The van der Waals surface area contributed by atoms with Crippen LogP contribution in [0.25, 0.3) is 0 Å². The van der Waals surface area contributed by atoms with Gasteiger partial charge in [-0.15, -0.1) is 0 Å². The molecular weight excluding hydrogens is 314 g/mol. The number of ether oxygens (including phenoxy) is 2. The molecule has 0 amide bonds. The highest BCUT2D eigenvalue weighted by Gasteiger charge is 2.20. The van der Waals surface area contributed by atoms with Crippen LogP contribution in [0.5, 0.6) is 11.5 Å². The first-order chi connectivity index (χ1) is 10.9. The Labute approximate surface area is 137 Å². The Morgan fingerprint density at radius 3 is 2.09 bits per heavy atom. The van der Waals surface area contributed by atoms with E-state index in [4.69, 9.17) is 9.47 Å². The second-order valence-corrected chi connectivity index (χ2v) is 7.21. The fourth-order valence-corrected chi connectivity index (χ4v) is 3.13. The second-order valence-electron chi connectivity index (χ2n) is 5.16. The molecule has 23 heavy (non-hydrogen) atoms. The predicted molar refractivity (Wildman–Crippen MR) is 89.5 cm³/mol. The maximum absolute atomic E-state index is 12.4. The van der Waals surface area contributed by atoms with Crippen molar-refractivity contribution in [3.63, 3.8) is 0 Å². The van der Waals surface area contributed by atoms with Crippen molar-refractivity contribution in [3.8, 4) is 11.5 Å². The van der Waals surface area contributed by atoms with E-state index in [1.165, 1.54) is 30.6 Å². The van der Waals surface area contributed by atoms with E-state index in [2.05, 4.69) is 0 Å². The van der Waals surface area contributed by atoms with Crippen molar-refractivity contribution >= 4 is 10.0 Å². The van der Waals surface area contributed by atoms with Gasteiger partial charge in [0.05, 0.1) is 12.0 Å². The van der Waals surface area contributed by atoms with Gasteiger partial charge in [0.2, 0.25) is 10.0 Å². The molecule has 0 spiro atoms. The standard InChI is InChI=1S/C17H21NO4S/c1-14-4-6-16(7-5-14)22-13-12-18(2)23(19,20)17-10-8-15(21-3)9-11-17/h4-11H,12-13H2,1-3H3. The molecule has 2 rings (SSSR count). The Hall–Kier alpha value is -2.05. The Bertz CT molecular complexity index is 724. The van der Waals surface area contributed by atoms with Crippen molar-refractivity contribution in [2.45, 2.75) is 11.8 Å². The molecule has 0 aliphatic heterocycles. The van der Waals surface area contributed by atoms with E-state index in [0.717, 1.165) is 11.3 Å². The van der Waals surface area contributed by atoms with Gasteiger partial charge in [-0.1, -0.05) is 17.7 Å². The summed E-state index contributed by atoms with van der Waals surface area (Å²) in [6.45, 7) is 2.55. The lowest BCUT2D eigenvalue weighted by molar-refractivity contribution is 0.287. The molecule has 0 heterocycles. The van der Waals surface area contributed by atoms with Gasteiger partial charge in [-0.2, -0.15) is 4.31 Å². The van der Waals surface area contributed by atoms with Crippen LogP contribution in [-0.2, 0) is 10.0 Å². The molecule has 0 saturated heterocycles. The van der Waals surface area contributed by atoms with Gasteiger partial charge in [-0.3, -0.25) is 0 Å². The maximum Gasteiger partial charge on any atom is 0.242 e. The summed E-state index contributed by atoms with van der Waals surface area (Å²) in [5, 5.41) is 0. The fourth-order valence-electron chi connectivity index (χ4n) is 1.97. The topological polar surface area (TPSA) is 55.8 Å². The van der Waals surface area contributed by atoms with Gasteiger partial charge in [-0.05, 0) is 43.3 Å². The number of hydrogen-bond acceptors (Lipinski definition) is 4. The lowest BCUT2D eigenvalue weighted by Gasteiger charge is -2.17. The summed E-state index contributed by atoms with van der Waals surface area (Å²) >= 11 is 0. The van der Waals surface area contributed by atoms with E-state index < -0.39 is 10.0 Å². The fraction of sp³-hybridized carbons (Fsp3) is 0.294. The smallest absolute Gasteiger partial charge is 0.242 e. The first-order valence-corrected chi connectivity index (χ1v) is 8.67. The van der Waals surface area contributed by atoms with E-state index in [-0.39, 0.29) is 18.0 Å². The molecule has 0 aliphatic rings. The number of benzene rings is 2. The van der Waals surface area contributed by atoms with Crippen molar-refractivity contribution in [1.29, 1.82) is 0 Å². The summed E-state index contributed by atoms with van der Waals surface area (Å²) in [6, 6.07) is 14.0. The van der Waals surface area contributed by atoms with Crippen LogP contribution in [0.1, 0.15) is 5.56 Å². The molecule has 2 aromatic carbocycles. The normalized spacial score (nSPS) is 11.5. The molecule has 0 aliphatic carbocycles. The number of sulfonamides is 1. The number of likely N-dealkylation sites (N-methyl/N-ethyl adjacent to an activating group) is 1. The summed E-state index contributed by atoms with van der Waals surface area (Å²) in [5.41, 5.74) is 1.15. The summed E-state index contributed by atoms with van der Waals surface area (Å²) in [7, 11) is -0.448. The number of hydrogen-bond donors (Lipinski definition) is 0. The molecule has 2 aromatic rings. The summed E-state index contributed by atoms with van der Waals surface area (Å²) < 4.78 is 36.8. The number of methoxy groups -OCH3 is 1. The average Bonchev–Trinajstić information content (AvgIpc) is 2.56. The SMILES string of the molecule is COc1ccc(S(=O)(=O)N(C)CCOc2ccc(C)cc2)cc1. The van der Waals surface area contributed by atoms with E-state index in [1.54, 1.807) is 12.1 Å². The van der Waals surface area contributed by atoms with Gasteiger partial charge >= 0.3 is 0 Å². The van der Waals surface area contributed by atoms with Crippen LogP contribution in [0.15, 0.2) is 53.4 Å². The van der Waals surface area contributed by atoms with Gasteiger partial charge in [0.15, 0.2) is 0 Å².